The van der Waals surface area contributed by atoms with Crippen LogP contribution in [-0.4, -0.2) is 16.1 Å². The number of halogens is 1. The molecule has 0 aliphatic rings. The van der Waals surface area contributed by atoms with E-state index in [1.165, 1.54) is 0 Å². The Labute approximate surface area is 108 Å². The Bertz CT molecular complexity index is 556. The SMILES string of the molecule is N#Cc1nccn1C(CN)c1cccc(Br)c1. The summed E-state index contributed by atoms with van der Waals surface area (Å²) in [5.41, 5.74) is 6.85. The third kappa shape index (κ3) is 2.38. The van der Waals surface area contributed by atoms with E-state index >= 15 is 0 Å². The molecule has 1 aromatic carbocycles. The van der Waals surface area contributed by atoms with Crippen LogP contribution in [0.1, 0.15) is 17.4 Å². The Morgan fingerprint density at radius 3 is 3.00 bits per heavy atom. The summed E-state index contributed by atoms with van der Waals surface area (Å²) in [6.07, 6.45) is 3.39. The van der Waals surface area contributed by atoms with Crippen molar-refractivity contribution in [3.05, 3.63) is 52.5 Å². The number of benzene rings is 1. The molecule has 1 aromatic heterocycles. The van der Waals surface area contributed by atoms with Gasteiger partial charge in [-0.25, -0.2) is 4.98 Å². The first-order valence-corrected chi connectivity index (χ1v) is 5.94. The van der Waals surface area contributed by atoms with Gasteiger partial charge in [0.2, 0.25) is 5.82 Å². The zero-order chi connectivity index (χ0) is 12.3. The van der Waals surface area contributed by atoms with Gasteiger partial charge >= 0.3 is 0 Å². The maximum Gasteiger partial charge on any atom is 0.213 e. The summed E-state index contributed by atoms with van der Waals surface area (Å²) < 4.78 is 2.79. The van der Waals surface area contributed by atoms with Crippen molar-refractivity contribution in [2.45, 2.75) is 6.04 Å². The van der Waals surface area contributed by atoms with Gasteiger partial charge < -0.3 is 10.3 Å². The summed E-state index contributed by atoms with van der Waals surface area (Å²) in [7, 11) is 0. The number of nitrogens with two attached hydrogens (primary N) is 1. The van der Waals surface area contributed by atoms with Crippen LogP contribution in [0.25, 0.3) is 0 Å². The Morgan fingerprint density at radius 2 is 2.35 bits per heavy atom. The average Bonchev–Trinajstić information content (AvgIpc) is 2.78. The highest BCUT2D eigenvalue weighted by Gasteiger charge is 2.15. The number of hydrogen-bond acceptors (Lipinski definition) is 3. The van der Waals surface area contributed by atoms with E-state index in [1.54, 1.807) is 17.0 Å². The smallest absolute Gasteiger partial charge is 0.213 e. The third-order valence-electron chi connectivity index (χ3n) is 2.56. The van der Waals surface area contributed by atoms with Crippen LogP contribution >= 0.6 is 15.9 Å². The predicted molar refractivity (Wildman–Crippen MR) is 68.3 cm³/mol. The van der Waals surface area contributed by atoms with E-state index in [1.807, 2.05) is 24.3 Å². The molecule has 0 spiro atoms. The highest BCUT2D eigenvalue weighted by molar-refractivity contribution is 9.10. The highest BCUT2D eigenvalue weighted by Crippen LogP contribution is 2.22. The maximum atomic E-state index is 8.97. The lowest BCUT2D eigenvalue weighted by molar-refractivity contribution is 0.587. The van der Waals surface area contributed by atoms with Crippen LogP contribution in [0, 0.1) is 11.3 Å². The zero-order valence-corrected chi connectivity index (χ0v) is 10.6. The van der Waals surface area contributed by atoms with E-state index in [4.69, 9.17) is 11.0 Å². The van der Waals surface area contributed by atoms with Gasteiger partial charge in [0, 0.05) is 23.4 Å². The number of nitrogens with zero attached hydrogens (tertiary/aromatic N) is 3. The van der Waals surface area contributed by atoms with E-state index < -0.39 is 0 Å². The molecule has 4 nitrogen and oxygen atoms in total. The molecule has 1 atom stereocenters. The molecule has 1 heterocycles. The molecular weight excluding hydrogens is 280 g/mol. The van der Waals surface area contributed by atoms with Crippen LogP contribution in [0.2, 0.25) is 0 Å². The fourth-order valence-corrected chi connectivity index (χ4v) is 2.19. The fourth-order valence-electron chi connectivity index (χ4n) is 1.78. The molecule has 0 radical (unpaired) electrons. The van der Waals surface area contributed by atoms with Gasteiger partial charge in [-0.1, -0.05) is 28.1 Å². The first kappa shape index (κ1) is 11.8. The van der Waals surface area contributed by atoms with Crippen molar-refractivity contribution >= 4 is 15.9 Å². The van der Waals surface area contributed by atoms with E-state index in [2.05, 4.69) is 27.0 Å². The minimum Gasteiger partial charge on any atom is -0.328 e. The van der Waals surface area contributed by atoms with Crippen LogP contribution < -0.4 is 5.73 Å². The second kappa shape index (κ2) is 5.13. The highest BCUT2D eigenvalue weighted by atomic mass is 79.9. The zero-order valence-electron chi connectivity index (χ0n) is 9.05. The molecule has 0 bridgehead atoms. The first-order chi connectivity index (χ1) is 8.26. The van der Waals surface area contributed by atoms with Crippen molar-refractivity contribution in [2.24, 2.45) is 5.73 Å². The summed E-state index contributed by atoms with van der Waals surface area (Å²) in [5.74, 6) is 0.375. The number of imidazole rings is 1. The third-order valence-corrected chi connectivity index (χ3v) is 3.05. The van der Waals surface area contributed by atoms with E-state index in [9.17, 15) is 0 Å². The van der Waals surface area contributed by atoms with Crippen LogP contribution in [0.5, 0.6) is 0 Å². The molecule has 5 heteroatoms. The lowest BCUT2D eigenvalue weighted by Gasteiger charge is -2.17. The largest absolute Gasteiger partial charge is 0.328 e. The molecule has 2 N–H and O–H groups in total. The van der Waals surface area contributed by atoms with Gasteiger partial charge in [-0.2, -0.15) is 5.26 Å². The number of hydrogen-bond donors (Lipinski definition) is 1. The lowest BCUT2D eigenvalue weighted by atomic mass is 10.1. The number of nitriles is 1. The first-order valence-electron chi connectivity index (χ1n) is 5.14. The van der Waals surface area contributed by atoms with Gasteiger partial charge in [-0.3, -0.25) is 0 Å². The average molecular weight is 291 g/mol. The Balaban J connectivity index is 2.44. The van der Waals surface area contributed by atoms with Crippen LogP contribution in [0.15, 0.2) is 41.1 Å². The lowest BCUT2D eigenvalue weighted by Crippen LogP contribution is -2.21. The summed E-state index contributed by atoms with van der Waals surface area (Å²) in [6, 6.07) is 9.89. The van der Waals surface area contributed by atoms with Crippen molar-refractivity contribution in [1.29, 1.82) is 5.26 Å². The monoisotopic (exact) mass is 290 g/mol. The molecule has 0 fully saturated rings. The second-order valence-corrected chi connectivity index (χ2v) is 4.49. The van der Waals surface area contributed by atoms with Gasteiger partial charge in [0.1, 0.15) is 6.07 Å². The topological polar surface area (TPSA) is 67.6 Å². The second-order valence-electron chi connectivity index (χ2n) is 3.58. The Kier molecular flexibility index (Phi) is 3.57. The summed E-state index contributed by atoms with van der Waals surface area (Å²) in [5, 5.41) is 8.97. The molecule has 0 aliphatic carbocycles. The molecule has 0 aliphatic heterocycles. The van der Waals surface area contributed by atoms with E-state index in [-0.39, 0.29) is 6.04 Å². The summed E-state index contributed by atoms with van der Waals surface area (Å²) in [4.78, 5) is 3.99. The molecule has 0 saturated heterocycles. The Morgan fingerprint density at radius 1 is 1.53 bits per heavy atom. The van der Waals surface area contributed by atoms with Crippen molar-refractivity contribution in [2.75, 3.05) is 6.54 Å². The Hall–Kier alpha value is -1.64. The van der Waals surface area contributed by atoms with Crippen molar-refractivity contribution in [1.82, 2.24) is 9.55 Å². The molecule has 2 rings (SSSR count). The van der Waals surface area contributed by atoms with E-state index in [0.717, 1.165) is 10.0 Å². The molecule has 17 heavy (non-hydrogen) atoms. The van der Waals surface area contributed by atoms with Gasteiger partial charge in [-0.05, 0) is 17.7 Å². The standard InChI is InChI=1S/C12H11BrN4/c13-10-3-1-2-9(6-10)11(7-14)17-5-4-16-12(17)8-15/h1-6,11H,7,14H2. The normalized spacial score (nSPS) is 12.1. The molecular formula is C12H11BrN4. The molecule has 1 unspecified atom stereocenters. The molecule has 86 valence electrons. The van der Waals surface area contributed by atoms with Crippen molar-refractivity contribution in [3.8, 4) is 6.07 Å². The molecule has 0 amide bonds. The number of rotatable bonds is 3. The van der Waals surface area contributed by atoms with Gasteiger partial charge in [-0.15, -0.1) is 0 Å². The van der Waals surface area contributed by atoms with Crippen molar-refractivity contribution < 1.29 is 0 Å². The van der Waals surface area contributed by atoms with Gasteiger partial charge in [0.05, 0.1) is 6.04 Å². The summed E-state index contributed by atoms with van der Waals surface area (Å²) >= 11 is 3.43. The quantitative estimate of drug-likeness (QED) is 0.941. The number of aromatic nitrogens is 2. The van der Waals surface area contributed by atoms with Gasteiger partial charge in [0.15, 0.2) is 0 Å². The predicted octanol–water partition coefficient (Wildman–Crippen LogP) is 2.07. The van der Waals surface area contributed by atoms with E-state index in [0.29, 0.717) is 12.4 Å². The van der Waals surface area contributed by atoms with Gasteiger partial charge in [0.25, 0.3) is 0 Å². The van der Waals surface area contributed by atoms with Crippen LogP contribution in [0.3, 0.4) is 0 Å². The van der Waals surface area contributed by atoms with Crippen molar-refractivity contribution in [3.63, 3.8) is 0 Å². The maximum absolute atomic E-state index is 8.97. The van der Waals surface area contributed by atoms with Crippen LogP contribution in [-0.2, 0) is 0 Å². The fraction of sp³-hybridized carbons (Fsp3) is 0.167. The summed E-state index contributed by atoms with van der Waals surface area (Å²) in [6.45, 7) is 0.418. The molecule has 0 saturated carbocycles. The minimum absolute atomic E-state index is 0.0651. The van der Waals surface area contributed by atoms with Crippen LogP contribution in [0.4, 0.5) is 0 Å². The minimum atomic E-state index is -0.0651. The molecule has 2 aromatic rings.